The molecule has 0 aromatic rings. The lowest BCUT2D eigenvalue weighted by molar-refractivity contribution is -0.151. The molecule has 0 fully saturated rings. The first-order valence-electron chi connectivity index (χ1n) is 9.85. The Kier molecular flexibility index (Phi) is 17.9. The Hall–Kier alpha value is -2.36. The Morgan fingerprint density at radius 1 is 0.562 bits per heavy atom. The lowest BCUT2D eigenvalue weighted by atomic mass is 10.4. The van der Waals surface area contributed by atoms with Crippen molar-refractivity contribution in [2.24, 2.45) is 0 Å². The quantitative estimate of drug-likeness (QED) is 0.0975. The molecule has 0 spiro atoms. The van der Waals surface area contributed by atoms with E-state index >= 15 is 0 Å². The molecule has 4 N–H and O–H groups in total. The van der Waals surface area contributed by atoms with Gasteiger partial charge in [0.1, 0.15) is 13.2 Å². The summed E-state index contributed by atoms with van der Waals surface area (Å²) in [6.45, 7) is -1.89. The molecule has 186 valence electrons. The van der Waals surface area contributed by atoms with Gasteiger partial charge in [0.25, 0.3) is 0 Å². The molecule has 0 amide bonds. The fraction of sp³-hybridized carbons (Fsp3) is 0.778. The topological polar surface area (TPSA) is 193 Å². The Labute approximate surface area is 185 Å². The molecule has 14 nitrogen and oxygen atoms in total. The molecule has 0 aliphatic heterocycles. The van der Waals surface area contributed by atoms with E-state index in [1.165, 1.54) is 4.90 Å². The summed E-state index contributed by atoms with van der Waals surface area (Å²) in [5, 5.41) is 35.1. The summed E-state index contributed by atoms with van der Waals surface area (Å²) < 4.78 is 19.9. The van der Waals surface area contributed by atoms with Crippen LogP contribution in [0, 0.1) is 0 Å². The van der Waals surface area contributed by atoms with Gasteiger partial charge in [0.2, 0.25) is 0 Å². The van der Waals surface area contributed by atoms with Gasteiger partial charge in [-0.3, -0.25) is 29.0 Å². The number of aliphatic carboxylic acids is 2. The zero-order valence-electron chi connectivity index (χ0n) is 17.8. The normalized spacial score (nSPS) is 11.0. The van der Waals surface area contributed by atoms with Crippen LogP contribution in [-0.2, 0) is 38.1 Å². The van der Waals surface area contributed by atoms with Gasteiger partial charge in [-0.2, -0.15) is 0 Å². The van der Waals surface area contributed by atoms with Gasteiger partial charge in [0.05, 0.1) is 65.8 Å². The van der Waals surface area contributed by atoms with Crippen LogP contribution in [0.5, 0.6) is 0 Å². The molecule has 32 heavy (non-hydrogen) atoms. The molecule has 0 saturated carbocycles. The first-order valence-corrected chi connectivity index (χ1v) is 9.85. The van der Waals surface area contributed by atoms with Crippen LogP contribution in [0.4, 0.5) is 0 Å². The minimum atomic E-state index is -1.22. The van der Waals surface area contributed by atoms with Crippen molar-refractivity contribution in [1.82, 2.24) is 9.80 Å². The SMILES string of the molecule is O=C(O)CN(CCN(CC(=O)OCCOCCO)CC(=O)OCCOCCO)CC(=O)O. The number of carbonyl (C=O) groups is 4. The highest BCUT2D eigenvalue weighted by Crippen LogP contribution is 1.97. The van der Waals surface area contributed by atoms with Crippen LogP contribution in [0.2, 0.25) is 0 Å². The number of carboxylic acids is 2. The molecule has 0 aromatic heterocycles. The fourth-order valence-corrected chi connectivity index (χ4v) is 2.31. The van der Waals surface area contributed by atoms with Crippen LogP contribution < -0.4 is 0 Å². The second-order valence-corrected chi connectivity index (χ2v) is 6.32. The Balaban J connectivity index is 4.73. The lowest BCUT2D eigenvalue weighted by Gasteiger charge is -2.24. The van der Waals surface area contributed by atoms with E-state index in [9.17, 15) is 19.2 Å². The summed E-state index contributed by atoms with van der Waals surface area (Å²) in [6, 6.07) is 0. The van der Waals surface area contributed by atoms with Gasteiger partial charge in [0, 0.05) is 13.1 Å². The molecule has 0 saturated heterocycles. The van der Waals surface area contributed by atoms with Gasteiger partial charge in [-0.1, -0.05) is 0 Å². The Morgan fingerprint density at radius 3 is 1.28 bits per heavy atom. The van der Waals surface area contributed by atoms with Crippen molar-refractivity contribution in [3.8, 4) is 0 Å². The smallest absolute Gasteiger partial charge is 0.320 e. The van der Waals surface area contributed by atoms with E-state index in [-0.39, 0.29) is 79.0 Å². The molecular formula is C18H32N2O12. The van der Waals surface area contributed by atoms with Crippen LogP contribution in [0.25, 0.3) is 0 Å². The predicted octanol–water partition coefficient (Wildman–Crippen LogP) is -3.14. The molecule has 0 rings (SSSR count). The van der Waals surface area contributed by atoms with Crippen LogP contribution in [0.3, 0.4) is 0 Å². The van der Waals surface area contributed by atoms with Crippen LogP contribution >= 0.6 is 0 Å². The van der Waals surface area contributed by atoms with Crippen molar-refractivity contribution in [3.05, 3.63) is 0 Å². The monoisotopic (exact) mass is 468 g/mol. The summed E-state index contributed by atoms with van der Waals surface area (Å²) in [5.74, 6) is -3.80. The third-order valence-corrected chi connectivity index (χ3v) is 3.61. The summed E-state index contributed by atoms with van der Waals surface area (Å²) in [6.07, 6.45) is 0. The average molecular weight is 468 g/mol. The third-order valence-electron chi connectivity index (χ3n) is 3.61. The zero-order valence-corrected chi connectivity index (χ0v) is 17.8. The first kappa shape index (κ1) is 29.6. The number of hydrogen-bond acceptors (Lipinski definition) is 12. The Morgan fingerprint density at radius 2 is 0.938 bits per heavy atom. The van der Waals surface area contributed by atoms with E-state index in [1.54, 1.807) is 0 Å². The maximum Gasteiger partial charge on any atom is 0.320 e. The van der Waals surface area contributed by atoms with Gasteiger partial charge in [-0.15, -0.1) is 0 Å². The van der Waals surface area contributed by atoms with Crippen molar-refractivity contribution in [2.75, 3.05) is 92.1 Å². The molecule has 0 bridgehead atoms. The minimum Gasteiger partial charge on any atom is -0.480 e. The second-order valence-electron chi connectivity index (χ2n) is 6.32. The largest absolute Gasteiger partial charge is 0.480 e. The van der Waals surface area contributed by atoms with Crippen molar-refractivity contribution >= 4 is 23.9 Å². The van der Waals surface area contributed by atoms with E-state index in [4.69, 9.17) is 39.4 Å². The highest BCUT2D eigenvalue weighted by molar-refractivity contribution is 5.75. The summed E-state index contributed by atoms with van der Waals surface area (Å²) >= 11 is 0. The number of ether oxygens (including phenoxy) is 4. The number of hydrogen-bond donors (Lipinski definition) is 4. The molecule has 0 unspecified atom stereocenters. The number of carbonyl (C=O) groups excluding carboxylic acids is 2. The van der Waals surface area contributed by atoms with E-state index in [2.05, 4.69) is 0 Å². The molecule has 14 heteroatoms. The minimum absolute atomic E-state index is 0.00716. The number of carboxylic acid groups (broad SMARTS) is 2. The van der Waals surface area contributed by atoms with Gasteiger partial charge in [0.15, 0.2) is 0 Å². The summed E-state index contributed by atoms with van der Waals surface area (Å²) in [5.41, 5.74) is 0. The number of aliphatic hydroxyl groups excluding tert-OH is 2. The van der Waals surface area contributed by atoms with Crippen molar-refractivity contribution in [1.29, 1.82) is 0 Å². The number of rotatable bonds is 21. The highest BCUT2D eigenvalue weighted by Gasteiger charge is 2.20. The molecule has 0 aliphatic rings. The second kappa shape index (κ2) is 19.3. The van der Waals surface area contributed by atoms with Crippen molar-refractivity contribution in [2.45, 2.75) is 0 Å². The Bertz CT molecular complexity index is 516. The van der Waals surface area contributed by atoms with E-state index in [0.29, 0.717) is 0 Å². The molecular weight excluding hydrogens is 436 g/mol. The van der Waals surface area contributed by atoms with Crippen LogP contribution in [-0.4, -0.2) is 146 Å². The highest BCUT2D eigenvalue weighted by atomic mass is 16.6. The first-order chi connectivity index (χ1) is 15.3. The fourth-order valence-electron chi connectivity index (χ4n) is 2.31. The van der Waals surface area contributed by atoms with Gasteiger partial charge in [-0.25, -0.2) is 0 Å². The number of esters is 2. The molecule has 0 radical (unpaired) electrons. The molecule has 0 atom stereocenters. The number of nitrogens with zero attached hydrogens (tertiary/aromatic N) is 2. The summed E-state index contributed by atoms with van der Waals surface area (Å²) in [7, 11) is 0. The van der Waals surface area contributed by atoms with Crippen LogP contribution in [0.1, 0.15) is 0 Å². The molecule has 0 aromatic carbocycles. The zero-order chi connectivity index (χ0) is 24.2. The standard InChI is InChI=1S/C18H32N2O12/c21-3-5-29-7-9-31-17(27)13-20(14-18(28)32-10-8-30-6-4-22)2-1-19(11-15(23)24)12-16(25)26/h21-22H,1-14H2,(H,23,24)(H,25,26). The molecule has 0 heterocycles. The van der Waals surface area contributed by atoms with E-state index in [0.717, 1.165) is 4.90 Å². The number of aliphatic hydroxyl groups is 2. The maximum atomic E-state index is 12.0. The van der Waals surface area contributed by atoms with Crippen molar-refractivity contribution in [3.63, 3.8) is 0 Å². The predicted molar refractivity (Wildman–Crippen MR) is 106 cm³/mol. The summed E-state index contributed by atoms with van der Waals surface area (Å²) in [4.78, 5) is 48.4. The lowest BCUT2D eigenvalue weighted by Crippen LogP contribution is -2.44. The van der Waals surface area contributed by atoms with Gasteiger partial charge >= 0.3 is 23.9 Å². The molecule has 0 aliphatic carbocycles. The maximum absolute atomic E-state index is 12.0. The van der Waals surface area contributed by atoms with Gasteiger partial charge in [-0.05, 0) is 0 Å². The van der Waals surface area contributed by atoms with Gasteiger partial charge < -0.3 is 39.4 Å². The van der Waals surface area contributed by atoms with E-state index < -0.39 is 37.0 Å². The van der Waals surface area contributed by atoms with E-state index in [1.807, 2.05) is 0 Å². The van der Waals surface area contributed by atoms with Crippen molar-refractivity contribution < 1.29 is 58.6 Å². The third kappa shape index (κ3) is 18.4. The van der Waals surface area contributed by atoms with Crippen LogP contribution in [0.15, 0.2) is 0 Å². The average Bonchev–Trinajstić information content (AvgIpc) is 2.70.